The number of pyridine rings is 1. The molecule has 1 aromatic rings. The minimum atomic E-state index is -0.202. The zero-order chi connectivity index (χ0) is 10.7. The van der Waals surface area contributed by atoms with Gasteiger partial charge in [0.1, 0.15) is 6.61 Å². The van der Waals surface area contributed by atoms with Crippen LogP contribution in [0.15, 0.2) is 24.5 Å². The molecule has 0 aromatic carbocycles. The molecule has 80 valence electrons. The van der Waals surface area contributed by atoms with E-state index in [2.05, 4.69) is 4.98 Å². The molecule has 0 spiro atoms. The number of aromatic nitrogens is 1. The van der Waals surface area contributed by atoms with Gasteiger partial charge < -0.3 is 9.64 Å². The van der Waals surface area contributed by atoms with Gasteiger partial charge in [-0.3, -0.25) is 4.98 Å². The number of ether oxygens (including phenoxy) is 1. The van der Waals surface area contributed by atoms with Crippen molar-refractivity contribution in [2.24, 2.45) is 0 Å². The maximum absolute atomic E-state index is 11.3. The van der Waals surface area contributed by atoms with Crippen LogP contribution in [0.5, 0.6) is 0 Å². The zero-order valence-electron chi connectivity index (χ0n) is 8.72. The van der Waals surface area contributed by atoms with Gasteiger partial charge in [-0.15, -0.1) is 0 Å². The quantitative estimate of drug-likeness (QED) is 0.752. The van der Waals surface area contributed by atoms with Gasteiger partial charge >= 0.3 is 6.09 Å². The van der Waals surface area contributed by atoms with E-state index in [1.165, 1.54) is 0 Å². The van der Waals surface area contributed by atoms with E-state index >= 15 is 0 Å². The first-order valence-corrected chi connectivity index (χ1v) is 5.13. The van der Waals surface area contributed by atoms with E-state index in [4.69, 9.17) is 4.74 Å². The highest BCUT2D eigenvalue weighted by atomic mass is 16.6. The van der Waals surface area contributed by atoms with Crippen molar-refractivity contribution in [1.29, 1.82) is 0 Å². The minimum Gasteiger partial charge on any atom is -0.447 e. The fourth-order valence-corrected chi connectivity index (χ4v) is 1.84. The van der Waals surface area contributed by atoms with Crippen LogP contribution in [-0.2, 0) is 11.2 Å². The summed E-state index contributed by atoms with van der Waals surface area (Å²) in [6, 6.07) is 4.08. The zero-order valence-corrected chi connectivity index (χ0v) is 8.72. The molecule has 0 bridgehead atoms. The molecule has 1 aliphatic heterocycles. The van der Waals surface area contributed by atoms with Crippen LogP contribution in [0, 0.1) is 0 Å². The van der Waals surface area contributed by atoms with Crippen LogP contribution in [0.4, 0.5) is 4.79 Å². The Hall–Kier alpha value is -1.58. The summed E-state index contributed by atoms with van der Waals surface area (Å²) >= 11 is 0. The molecule has 2 rings (SSSR count). The van der Waals surface area contributed by atoms with E-state index < -0.39 is 0 Å². The van der Waals surface area contributed by atoms with Crippen molar-refractivity contribution in [3.05, 3.63) is 30.1 Å². The molecule has 0 radical (unpaired) electrons. The van der Waals surface area contributed by atoms with Gasteiger partial charge in [0.15, 0.2) is 0 Å². The Balaban J connectivity index is 2.04. The average molecular weight is 206 g/mol. The second-order valence-electron chi connectivity index (χ2n) is 3.58. The molecule has 1 unspecified atom stereocenters. The largest absolute Gasteiger partial charge is 0.447 e. The Morgan fingerprint density at radius 2 is 2.53 bits per heavy atom. The second-order valence-corrected chi connectivity index (χ2v) is 3.58. The Kier molecular flexibility index (Phi) is 2.85. The number of amides is 1. The summed E-state index contributed by atoms with van der Waals surface area (Å²) in [4.78, 5) is 17.1. The molecule has 0 aliphatic carbocycles. The molecule has 1 aromatic heterocycles. The van der Waals surface area contributed by atoms with Crippen molar-refractivity contribution in [2.45, 2.75) is 19.4 Å². The van der Waals surface area contributed by atoms with Crippen LogP contribution in [0.3, 0.4) is 0 Å². The molecule has 1 atom stereocenters. The van der Waals surface area contributed by atoms with E-state index in [1.54, 1.807) is 11.1 Å². The van der Waals surface area contributed by atoms with Crippen molar-refractivity contribution in [2.75, 3.05) is 13.2 Å². The van der Waals surface area contributed by atoms with Crippen molar-refractivity contribution >= 4 is 6.09 Å². The Labute approximate surface area is 88.9 Å². The van der Waals surface area contributed by atoms with E-state index in [-0.39, 0.29) is 12.1 Å². The predicted molar refractivity (Wildman–Crippen MR) is 55.5 cm³/mol. The number of likely N-dealkylation sites (N-methyl/N-ethyl adjacent to an activating group) is 1. The van der Waals surface area contributed by atoms with Crippen molar-refractivity contribution < 1.29 is 9.53 Å². The lowest BCUT2D eigenvalue weighted by atomic mass is 10.1. The van der Waals surface area contributed by atoms with Gasteiger partial charge in [0.25, 0.3) is 0 Å². The number of carbonyl (C=O) groups is 1. The van der Waals surface area contributed by atoms with Crippen LogP contribution < -0.4 is 0 Å². The van der Waals surface area contributed by atoms with Gasteiger partial charge in [-0.25, -0.2) is 4.79 Å². The smallest absolute Gasteiger partial charge is 0.410 e. The third-order valence-corrected chi connectivity index (χ3v) is 2.61. The summed E-state index contributed by atoms with van der Waals surface area (Å²) in [5.74, 6) is 0. The summed E-state index contributed by atoms with van der Waals surface area (Å²) in [6.07, 6.45) is 4.19. The van der Waals surface area contributed by atoms with Crippen LogP contribution in [0.25, 0.3) is 0 Å². The van der Waals surface area contributed by atoms with Crippen LogP contribution in [-0.4, -0.2) is 35.2 Å². The van der Waals surface area contributed by atoms with Crippen molar-refractivity contribution in [1.82, 2.24) is 9.88 Å². The summed E-state index contributed by atoms with van der Waals surface area (Å²) < 4.78 is 5.01. The molecular weight excluding hydrogens is 192 g/mol. The summed E-state index contributed by atoms with van der Waals surface area (Å²) in [7, 11) is 0. The second kappa shape index (κ2) is 4.29. The summed E-state index contributed by atoms with van der Waals surface area (Å²) in [5, 5.41) is 0. The predicted octanol–water partition coefficient (Wildman–Crippen LogP) is 1.46. The highest BCUT2D eigenvalue weighted by molar-refractivity contribution is 5.70. The van der Waals surface area contributed by atoms with Crippen molar-refractivity contribution in [3.8, 4) is 0 Å². The van der Waals surface area contributed by atoms with E-state index in [0.29, 0.717) is 13.2 Å². The molecule has 0 saturated carbocycles. The highest BCUT2D eigenvalue weighted by Crippen LogP contribution is 2.15. The first-order valence-electron chi connectivity index (χ1n) is 5.13. The molecule has 4 nitrogen and oxygen atoms in total. The fourth-order valence-electron chi connectivity index (χ4n) is 1.84. The summed E-state index contributed by atoms with van der Waals surface area (Å²) in [6.45, 7) is 3.15. The number of carbonyl (C=O) groups excluding carboxylic acids is 1. The summed E-state index contributed by atoms with van der Waals surface area (Å²) in [5.41, 5.74) is 1.14. The Bertz CT molecular complexity index is 340. The number of hydrogen-bond acceptors (Lipinski definition) is 3. The van der Waals surface area contributed by atoms with Gasteiger partial charge in [-0.2, -0.15) is 0 Å². The SMILES string of the molecule is CCN1C(=O)OCC1Cc1cccnc1. The molecule has 15 heavy (non-hydrogen) atoms. The molecule has 1 saturated heterocycles. The average Bonchev–Trinajstić information content (AvgIpc) is 2.61. The molecular formula is C11H14N2O2. The van der Waals surface area contributed by atoms with Gasteiger partial charge in [0.05, 0.1) is 6.04 Å². The monoisotopic (exact) mass is 206 g/mol. The third-order valence-electron chi connectivity index (χ3n) is 2.61. The number of nitrogens with zero attached hydrogens (tertiary/aromatic N) is 2. The lowest BCUT2D eigenvalue weighted by Crippen LogP contribution is -2.34. The fraction of sp³-hybridized carbons (Fsp3) is 0.455. The lowest BCUT2D eigenvalue weighted by Gasteiger charge is -2.18. The van der Waals surface area contributed by atoms with E-state index in [0.717, 1.165) is 12.0 Å². The minimum absolute atomic E-state index is 0.159. The molecule has 1 amide bonds. The third kappa shape index (κ3) is 2.09. The molecule has 4 heteroatoms. The maximum atomic E-state index is 11.3. The standard InChI is InChI=1S/C11H14N2O2/c1-2-13-10(8-15-11(13)14)6-9-4-3-5-12-7-9/h3-5,7,10H,2,6,8H2,1H3. The lowest BCUT2D eigenvalue weighted by molar-refractivity contribution is 0.159. The van der Waals surface area contributed by atoms with Gasteiger partial charge in [0.2, 0.25) is 0 Å². The van der Waals surface area contributed by atoms with Crippen LogP contribution in [0.1, 0.15) is 12.5 Å². The van der Waals surface area contributed by atoms with Crippen LogP contribution >= 0.6 is 0 Å². The number of cyclic esters (lactones) is 1. The van der Waals surface area contributed by atoms with E-state index in [1.807, 2.05) is 25.3 Å². The maximum Gasteiger partial charge on any atom is 0.410 e. The molecule has 0 N–H and O–H groups in total. The Morgan fingerprint density at radius 3 is 3.20 bits per heavy atom. The molecule has 1 fully saturated rings. The van der Waals surface area contributed by atoms with Crippen LogP contribution in [0.2, 0.25) is 0 Å². The van der Waals surface area contributed by atoms with E-state index in [9.17, 15) is 4.79 Å². The van der Waals surface area contributed by atoms with Gasteiger partial charge in [-0.05, 0) is 25.0 Å². The first kappa shape index (κ1) is 9.96. The molecule has 1 aliphatic rings. The number of rotatable bonds is 3. The number of hydrogen-bond donors (Lipinski definition) is 0. The van der Waals surface area contributed by atoms with Gasteiger partial charge in [-0.1, -0.05) is 6.07 Å². The van der Waals surface area contributed by atoms with Crippen molar-refractivity contribution in [3.63, 3.8) is 0 Å². The van der Waals surface area contributed by atoms with Gasteiger partial charge in [0, 0.05) is 18.9 Å². The highest BCUT2D eigenvalue weighted by Gasteiger charge is 2.31. The first-order chi connectivity index (χ1) is 7.31. The Morgan fingerprint density at radius 1 is 1.67 bits per heavy atom. The normalized spacial score (nSPS) is 20.5. The topological polar surface area (TPSA) is 42.4 Å². The molecule has 2 heterocycles.